The van der Waals surface area contributed by atoms with E-state index in [0.29, 0.717) is 12.1 Å². The fraction of sp³-hybridized carbons (Fsp3) is 0.800. The summed E-state index contributed by atoms with van der Waals surface area (Å²) in [6, 6.07) is 0.565. The van der Waals surface area contributed by atoms with Gasteiger partial charge < -0.3 is 10.5 Å². The standard InChI is InChI=1S/C10H16N4OS/c11-10-7(12-13-16-10)6-14-4-5-15-9-3-1-2-8(9)14/h8-9H,1-6,11H2. The predicted molar refractivity (Wildman–Crippen MR) is 62.1 cm³/mol. The SMILES string of the molecule is Nc1snnc1CN1CCOC2CCCC21. The third-order valence-electron chi connectivity index (χ3n) is 3.54. The third kappa shape index (κ3) is 1.81. The van der Waals surface area contributed by atoms with Crippen molar-refractivity contribution in [1.82, 2.24) is 14.5 Å². The second-order valence-corrected chi connectivity index (χ2v) is 5.25. The number of nitrogens with two attached hydrogens (primary N) is 1. The van der Waals surface area contributed by atoms with Crippen molar-refractivity contribution in [2.45, 2.75) is 38.0 Å². The summed E-state index contributed by atoms with van der Waals surface area (Å²) in [6.45, 7) is 2.64. The van der Waals surface area contributed by atoms with E-state index in [9.17, 15) is 0 Å². The molecule has 2 N–H and O–H groups in total. The molecule has 1 aliphatic heterocycles. The van der Waals surface area contributed by atoms with Gasteiger partial charge in [-0.1, -0.05) is 4.49 Å². The molecule has 16 heavy (non-hydrogen) atoms. The summed E-state index contributed by atoms with van der Waals surface area (Å²) in [5, 5.41) is 4.84. The zero-order valence-corrected chi connectivity index (χ0v) is 9.95. The van der Waals surface area contributed by atoms with Crippen LogP contribution in [-0.4, -0.2) is 39.8 Å². The number of nitrogens with zero attached hydrogens (tertiary/aromatic N) is 3. The highest BCUT2D eigenvalue weighted by atomic mass is 32.1. The number of nitrogen functional groups attached to an aromatic ring is 1. The fourth-order valence-corrected chi connectivity index (χ4v) is 3.16. The first-order chi connectivity index (χ1) is 7.84. The van der Waals surface area contributed by atoms with Gasteiger partial charge in [0.2, 0.25) is 0 Å². The lowest BCUT2D eigenvalue weighted by Crippen LogP contribution is -2.47. The maximum Gasteiger partial charge on any atom is 0.132 e. The highest BCUT2D eigenvalue weighted by molar-refractivity contribution is 7.09. The van der Waals surface area contributed by atoms with E-state index in [1.165, 1.54) is 30.8 Å². The van der Waals surface area contributed by atoms with E-state index in [-0.39, 0.29) is 0 Å². The van der Waals surface area contributed by atoms with Crippen LogP contribution in [0.4, 0.5) is 5.00 Å². The van der Waals surface area contributed by atoms with Crippen LogP contribution in [0.2, 0.25) is 0 Å². The van der Waals surface area contributed by atoms with Crippen LogP contribution in [0.15, 0.2) is 0 Å². The molecule has 0 radical (unpaired) electrons. The Balaban J connectivity index is 1.72. The summed E-state index contributed by atoms with van der Waals surface area (Å²) < 4.78 is 9.66. The first-order valence-electron chi connectivity index (χ1n) is 5.77. The van der Waals surface area contributed by atoms with E-state index >= 15 is 0 Å². The minimum absolute atomic E-state index is 0.432. The van der Waals surface area contributed by atoms with Crippen LogP contribution in [0.3, 0.4) is 0 Å². The number of rotatable bonds is 2. The van der Waals surface area contributed by atoms with E-state index in [1.807, 2.05) is 0 Å². The van der Waals surface area contributed by atoms with Crippen LogP contribution in [0.1, 0.15) is 25.0 Å². The summed E-state index contributed by atoms with van der Waals surface area (Å²) in [5.41, 5.74) is 6.76. The zero-order valence-electron chi connectivity index (χ0n) is 9.13. The minimum Gasteiger partial charge on any atom is -0.388 e. The highest BCUT2D eigenvalue weighted by Crippen LogP contribution is 2.31. The molecular formula is C10H16N4OS. The molecule has 3 rings (SSSR count). The van der Waals surface area contributed by atoms with Crippen molar-refractivity contribution >= 4 is 16.5 Å². The van der Waals surface area contributed by atoms with E-state index in [2.05, 4.69) is 14.5 Å². The molecule has 1 aromatic heterocycles. The second-order valence-electron chi connectivity index (χ2n) is 4.46. The monoisotopic (exact) mass is 240 g/mol. The van der Waals surface area contributed by atoms with Crippen molar-refractivity contribution in [3.05, 3.63) is 5.69 Å². The van der Waals surface area contributed by atoms with Gasteiger partial charge in [-0.15, -0.1) is 5.10 Å². The molecule has 2 aliphatic rings. The molecule has 0 amide bonds. The van der Waals surface area contributed by atoms with Crippen molar-refractivity contribution in [3.63, 3.8) is 0 Å². The van der Waals surface area contributed by atoms with Gasteiger partial charge in [0.05, 0.1) is 12.7 Å². The van der Waals surface area contributed by atoms with E-state index < -0.39 is 0 Å². The van der Waals surface area contributed by atoms with Gasteiger partial charge >= 0.3 is 0 Å². The number of anilines is 1. The molecule has 0 bridgehead atoms. The minimum atomic E-state index is 0.432. The van der Waals surface area contributed by atoms with Gasteiger partial charge in [0.15, 0.2) is 0 Å². The topological polar surface area (TPSA) is 64.3 Å². The number of hydrogen-bond acceptors (Lipinski definition) is 6. The van der Waals surface area contributed by atoms with Crippen LogP contribution >= 0.6 is 11.5 Å². The van der Waals surface area contributed by atoms with Gasteiger partial charge in [-0.25, -0.2) is 0 Å². The highest BCUT2D eigenvalue weighted by Gasteiger charge is 2.36. The number of hydrogen-bond donors (Lipinski definition) is 1. The lowest BCUT2D eigenvalue weighted by molar-refractivity contribution is -0.0591. The predicted octanol–water partition coefficient (Wildman–Crippen LogP) is 0.874. The summed E-state index contributed by atoms with van der Waals surface area (Å²) in [6.07, 6.45) is 4.15. The Morgan fingerprint density at radius 1 is 1.50 bits per heavy atom. The van der Waals surface area contributed by atoms with Crippen LogP contribution in [-0.2, 0) is 11.3 Å². The van der Waals surface area contributed by atoms with E-state index in [0.717, 1.165) is 30.4 Å². The van der Waals surface area contributed by atoms with Gasteiger partial charge in [-0.05, 0) is 19.3 Å². The number of aromatic nitrogens is 2. The third-order valence-corrected chi connectivity index (χ3v) is 4.13. The Kier molecular flexibility index (Phi) is 2.79. The molecule has 0 spiro atoms. The van der Waals surface area contributed by atoms with Gasteiger partial charge in [-0.3, -0.25) is 4.90 Å². The first-order valence-corrected chi connectivity index (χ1v) is 6.54. The average molecular weight is 240 g/mol. The maximum atomic E-state index is 5.83. The van der Waals surface area contributed by atoms with E-state index in [1.54, 1.807) is 0 Å². The Morgan fingerprint density at radius 3 is 3.25 bits per heavy atom. The maximum absolute atomic E-state index is 5.83. The van der Waals surface area contributed by atoms with Gasteiger partial charge in [-0.2, -0.15) is 0 Å². The Hall–Kier alpha value is -0.720. The molecule has 2 fully saturated rings. The number of morpholine rings is 1. The van der Waals surface area contributed by atoms with Crippen LogP contribution in [0, 0.1) is 0 Å². The van der Waals surface area contributed by atoms with Crippen molar-refractivity contribution in [2.24, 2.45) is 0 Å². The van der Waals surface area contributed by atoms with Crippen LogP contribution < -0.4 is 5.73 Å². The molecule has 1 saturated heterocycles. The molecule has 2 atom stereocenters. The molecule has 2 unspecified atom stereocenters. The van der Waals surface area contributed by atoms with Crippen molar-refractivity contribution in [1.29, 1.82) is 0 Å². The van der Waals surface area contributed by atoms with Crippen molar-refractivity contribution in [3.8, 4) is 0 Å². The molecule has 0 aromatic carbocycles. The fourth-order valence-electron chi connectivity index (χ4n) is 2.72. The molecular weight excluding hydrogens is 224 g/mol. The quantitative estimate of drug-likeness (QED) is 0.831. The largest absolute Gasteiger partial charge is 0.388 e. The van der Waals surface area contributed by atoms with Gasteiger partial charge in [0.25, 0.3) is 0 Å². The second kappa shape index (κ2) is 4.27. The summed E-state index contributed by atoms with van der Waals surface area (Å²) in [5.74, 6) is 0. The van der Waals surface area contributed by atoms with E-state index in [4.69, 9.17) is 10.5 Å². The molecule has 2 heterocycles. The summed E-state index contributed by atoms with van der Waals surface area (Å²) in [7, 11) is 0. The van der Waals surface area contributed by atoms with Gasteiger partial charge in [0, 0.05) is 30.7 Å². The molecule has 5 nitrogen and oxygen atoms in total. The number of ether oxygens (including phenoxy) is 1. The Bertz CT molecular complexity index is 369. The normalized spacial score (nSPS) is 30.5. The average Bonchev–Trinajstić information content (AvgIpc) is 2.89. The number of fused-ring (bicyclic) bond motifs is 1. The summed E-state index contributed by atoms with van der Waals surface area (Å²) in [4.78, 5) is 2.45. The smallest absolute Gasteiger partial charge is 0.132 e. The first kappa shape index (κ1) is 10.4. The van der Waals surface area contributed by atoms with Crippen molar-refractivity contribution < 1.29 is 4.74 Å². The van der Waals surface area contributed by atoms with Crippen molar-refractivity contribution in [2.75, 3.05) is 18.9 Å². The molecule has 1 aliphatic carbocycles. The molecule has 6 heteroatoms. The van der Waals surface area contributed by atoms with Crippen LogP contribution in [0.25, 0.3) is 0 Å². The lowest BCUT2D eigenvalue weighted by atomic mass is 10.1. The lowest BCUT2D eigenvalue weighted by Gasteiger charge is -2.37. The molecule has 88 valence electrons. The van der Waals surface area contributed by atoms with Gasteiger partial charge in [0.1, 0.15) is 10.7 Å². The Labute approximate surface area is 98.7 Å². The molecule has 1 aromatic rings. The zero-order chi connectivity index (χ0) is 11.0. The Morgan fingerprint density at radius 2 is 2.44 bits per heavy atom. The van der Waals surface area contributed by atoms with Crippen LogP contribution in [0.5, 0.6) is 0 Å². The summed E-state index contributed by atoms with van der Waals surface area (Å²) >= 11 is 1.28. The molecule has 1 saturated carbocycles.